The normalized spacial score (nSPS) is 9.70. The highest BCUT2D eigenvalue weighted by Crippen LogP contribution is 2.07. The third-order valence-corrected chi connectivity index (χ3v) is 1.27. The average molecular weight is 139 g/mol. The summed E-state index contributed by atoms with van der Waals surface area (Å²) in [6.45, 7) is 3.11. The second-order valence-corrected chi connectivity index (χ2v) is 2.25. The van der Waals surface area contributed by atoms with E-state index in [2.05, 4.69) is 17.2 Å². The average Bonchev–Trinajstić information content (AvgIpc) is 2.31. The van der Waals surface area contributed by atoms with Crippen LogP contribution in [-0.2, 0) is 0 Å². The Bertz CT molecular complexity index is 192. The lowest BCUT2D eigenvalue weighted by Gasteiger charge is -1.98. The molecule has 0 aliphatic carbocycles. The number of rotatable bonds is 3. The van der Waals surface area contributed by atoms with E-state index < -0.39 is 0 Å². The third kappa shape index (κ3) is 1.69. The first-order valence-corrected chi connectivity index (χ1v) is 3.51. The summed E-state index contributed by atoms with van der Waals surface area (Å²) in [4.78, 5) is 2.98. The molecule has 0 aliphatic rings. The minimum Gasteiger partial charge on any atom is -0.385 e. The van der Waals surface area contributed by atoms with Gasteiger partial charge in [0.1, 0.15) is 11.6 Å². The summed E-state index contributed by atoms with van der Waals surface area (Å²) < 4.78 is 0. The third-order valence-electron chi connectivity index (χ3n) is 1.27. The van der Waals surface area contributed by atoms with Crippen molar-refractivity contribution in [2.45, 2.75) is 13.3 Å². The molecule has 0 aromatic carbocycles. The summed E-state index contributed by atoms with van der Waals surface area (Å²) in [6, 6.07) is 3.78. The summed E-state index contributed by atoms with van der Waals surface area (Å²) in [7, 11) is 0. The largest absolute Gasteiger partial charge is 0.385 e. The summed E-state index contributed by atoms with van der Waals surface area (Å²) >= 11 is 0. The zero-order valence-corrected chi connectivity index (χ0v) is 6.15. The fourth-order valence-electron chi connectivity index (χ4n) is 0.775. The van der Waals surface area contributed by atoms with Crippen molar-refractivity contribution in [2.24, 2.45) is 0 Å². The first-order chi connectivity index (χ1) is 4.83. The van der Waals surface area contributed by atoms with Crippen molar-refractivity contribution in [2.75, 3.05) is 17.6 Å². The highest BCUT2D eigenvalue weighted by Gasteiger charge is 1.90. The predicted molar refractivity (Wildman–Crippen MR) is 44.0 cm³/mol. The molecule has 0 radical (unpaired) electrons. The van der Waals surface area contributed by atoms with Crippen LogP contribution < -0.4 is 11.1 Å². The van der Waals surface area contributed by atoms with E-state index in [4.69, 9.17) is 5.73 Å². The molecule has 1 rings (SSSR count). The van der Waals surface area contributed by atoms with Crippen molar-refractivity contribution in [3.63, 3.8) is 0 Å². The molecule has 0 unspecified atom stereocenters. The molecule has 4 N–H and O–H groups in total. The molecule has 0 atom stereocenters. The topological polar surface area (TPSA) is 53.8 Å². The molecular formula is C7H13N3. The number of hydrogen-bond acceptors (Lipinski definition) is 2. The SMILES string of the molecule is CCCNc1ccc(N)[nH]1. The maximum atomic E-state index is 5.45. The van der Waals surface area contributed by atoms with Crippen molar-refractivity contribution < 1.29 is 0 Å². The number of aromatic nitrogens is 1. The van der Waals surface area contributed by atoms with Gasteiger partial charge in [0.15, 0.2) is 0 Å². The quantitative estimate of drug-likeness (QED) is 0.593. The van der Waals surface area contributed by atoms with Crippen LogP contribution in [-0.4, -0.2) is 11.5 Å². The molecule has 0 bridgehead atoms. The van der Waals surface area contributed by atoms with Crippen molar-refractivity contribution in [3.8, 4) is 0 Å². The van der Waals surface area contributed by atoms with Gasteiger partial charge in [-0.05, 0) is 18.6 Å². The van der Waals surface area contributed by atoms with Gasteiger partial charge in [-0.1, -0.05) is 6.92 Å². The fraction of sp³-hybridized carbons (Fsp3) is 0.429. The van der Waals surface area contributed by atoms with Crippen LogP contribution in [0.15, 0.2) is 12.1 Å². The van der Waals surface area contributed by atoms with E-state index in [1.165, 1.54) is 0 Å². The lowest BCUT2D eigenvalue weighted by atomic mass is 10.5. The van der Waals surface area contributed by atoms with Crippen molar-refractivity contribution in [1.82, 2.24) is 4.98 Å². The van der Waals surface area contributed by atoms with Gasteiger partial charge in [-0.15, -0.1) is 0 Å². The molecule has 3 heteroatoms. The Morgan fingerprint density at radius 1 is 1.60 bits per heavy atom. The molecule has 3 nitrogen and oxygen atoms in total. The van der Waals surface area contributed by atoms with E-state index in [1.807, 2.05) is 12.1 Å². The van der Waals surface area contributed by atoms with Crippen LogP contribution in [0.1, 0.15) is 13.3 Å². The van der Waals surface area contributed by atoms with Crippen LogP contribution >= 0.6 is 0 Å². The Morgan fingerprint density at radius 2 is 2.40 bits per heavy atom. The van der Waals surface area contributed by atoms with Crippen LogP contribution in [0.3, 0.4) is 0 Å². The van der Waals surface area contributed by atoms with E-state index in [1.54, 1.807) is 0 Å². The maximum Gasteiger partial charge on any atom is 0.104 e. The van der Waals surface area contributed by atoms with Crippen LogP contribution in [0.5, 0.6) is 0 Å². The van der Waals surface area contributed by atoms with E-state index in [0.29, 0.717) is 5.82 Å². The molecule has 0 amide bonds. The Hall–Kier alpha value is -1.12. The number of nitrogens with two attached hydrogens (primary N) is 1. The Morgan fingerprint density at radius 3 is 2.90 bits per heavy atom. The molecule has 0 saturated heterocycles. The van der Waals surface area contributed by atoms with Gasteiger partial charge in [0, 0.05) is 6.54 Å². The highest BCUT2D eigenvalue weighted by atomic mass is 15.0. The van der Waals surface area contributed by atoms with Crippen LogP contribution in [0, 0.1) is 0 Å². The lowest BCUT2D eigenvalue weighted by molar-refractivity contribution is 0.973. The molecule has 0 spiro atoms. The lowest BCUT2D eigenvalue weighted by Crippen LogP contribution is -1.99. The molecule has 0 fully saturated rings. The number of H-pyrrole nitrogens is 1. The van der Waals surface area contributed by atoms with Crippen LogP contribution in [0.4, 0.5) is 11.6 Å². The van der Waals surface area contributed by atoms with Gasteiger partial charge in [-0.25, -0.2) is 0 Å². The molecule has 1 aromatic heterocycles. The molecule has 56 valence electrons. The fourth-order valence-corrected chi connectivity index (χ4v) is 0.775. The first kappa shape index (κ1) is 6.99. The van der Waals surface area contributed by atoms with Gasteiger partial charge in [0.25, 0.3) is 0 Å². The molecule has 0 aliphatic heterocycles. The Balaban J connectivity index is 2.42. The highest BCUT2D eigenvalue weighted by molar-refractivity contribution is 5.45. The van der Waals surface area contributed by atoms with E-state index in [0.717, 1.165) is 18.8 Å². The van der Waals surface area contributed by atoms with E-state index in [-0.39, 0.29) is 0 Å². The van der Waals surface area contributed by atoms with Gasteiger partial charge in [-0.2, -0.15) is 0 Å². The number of anilines is 2. The van der Waals surface area contributed by atoms with Crippen molar-refractivity contribution in [3.05, 3.63) is 12.1 Å². The standard InChI is InChI=1S/C7H13N3/c1-2-5-9-7-4-3-6(8)10-7/h3-4,9-10H,2,5,8H2,1H3. The zero-order chi connectivity index (χ0) is 7.40. The van der Waals surface area contributed by atoms with Gasteiger partial charge < -0.3 is 16.0 Å². The minimum absolute atomic E-state index is 0.707. The maximum absolute atomic E-state index is 5.45. The molecule has 1 aromatic rings. The van der Waals surface area contributed by atoms with Crippen molar-refractivity contribution >= 4 is 11.6 Å². The smallest absolute Gasteiger partial charge is 0.104 e. The zero-order valence-electron chi connectivity index (χ0n) is 6.15. The summed E-state index contributed by atoms with van der Waals surface area (Å²) in [6.07, 6.45) is 1.12. The van der Waals surface area contributed by atoms with Crippen molar-refractivity contribution in [1.29, 1.82) is 0 Å². The second kappa shape index (κ2) is 3.15. The van der Waals surface area contributed by atoms with Crippen LogP contribution in [0.2, 0.25) is 0 Å². The van der Waals surface area contributed by atoms with Gasteiger partial charge in [0.2, 0.25) is 0 Å². The number of nitrogen functional groups attached to an aromatic ring is 1. The molecular weight excluding hydrogens is 126 g/mol. The van der Waals surface area contributed by atoms with Crippen LogP contribution in [0.25, 0.3) is 0 Å². The Kier molecular flexibility index (Phi) is 2.20. The van der Waals surface area contributed by atoms with Gasteiger partial charge in [-0.3, -0.25) is 0 Å². The summed E-state index contributed by atoms with van der Waals surface area (Å²) in [5, 5.41) is 3.18. The van der Waals surface area contributed by atoms with E-state index in [9.17, 15) is 0 Å². The summed E-state index contributed by atoms with van der Waals surface area (Å²) in [5.41, 5.74) is 5.45. The molecule has 0 saturated carbocycles. The summed E-state index contributed by atoms with van der Waals surface area (Å²) in [5.74, 6) is 1.71. The molecule has 10 heavy (non-hydrogen) atoms. The first-order valence-electron chi connectivity index (χ1n) is 3.51. The number of nitrogens with one attached hydrogen (secondary N) is 2. The monoisotopic (exact) mass is 139 g/mol. The van der Waals surface area contributed by atoms with Gasteiger partial charge >= 0.3 is 0 Å². The van der Waals surface area contributed by atoms with Gasteiger partial charge in [0.05, 0.1) is 0 Å². The number of aromatic amines is 1. The van der Waals surface area contributed by atoms with E-state index >= 15 is 0 Å². The minimum atomic E-state index is 0.707. The predicted octanol–water partition coefficient (Wildman–Crippen LogP) is 1.42. The number of hydrogen-bond donors (Lipinski definition) is 3. The molecule has 1 heterocycles. The second-order valence-electron chi connectivity index (χ2n) is 2.25. The Labute approximate surface area is 60.6 Å².